The second-order valence-corrected chi connectivity index (χ2v) is 5.93. The van der Waals surface area contributed by atoms with E-state index in [1.165, 1.54) is 31.6 Å². The Bertz CT molecular complexity index is 603. The molecule has 1 aromatic carbocycles. The van der Waals surface area contributed by atoms with E-state index in [-0.39, 0.29) is 0 Å². The molecule has 2 heterocycles. The van der Waals surface area contributed by atoms with Crippen LogP contribution in [0.25, 0.3) is 0 Å². The van der Waals surface area contributed by atoms with Gasteiger partial charge in [-0.25, -0.2) is 4.98 Å². The monoisotopic (exact) mass is 297 g/mol. The van der Waals surface area contributed by atoms with Gasteiger partial charge >= 0.3 is 0 Å². The summed E-state index contributed by atoms with van der Waals surface area (Å²) in [5.74, 6) is 1.45. The Labute approximate surface area is 131 Å². The Morgan fingerprint density at radius 3 is 2.45 bits per heavy atom. The van der Waals surface area contributed by atoms with Crippen molar-refractivity contribution in [3.05, 3.63) is 36.5 Å². The fourth-order valence-electron chi connectivity index (χ4n) is 2.63. The number of hydrogen-bond donors (Lipinski definition) is 2. The van der Waals surface area contributed by atoms with Gasteiger partial charge in [-0.15, -0.1) is 0 Å². The molecule has 0 saturated carbocycles. The first-order chi connectivity index (χ1) is 10.7. The van der Waals surface area contributed by atoms with Crippen molar-refractivity contribution in [2.75, 3.05) is 28.6 Å². The molecule has 0 bridgehead atoms. The summed E-state index contributed by atoms with van der Waals surface area (Å²) in [7, 11) is 0. The van der Waals surface area contributed by atoms with Gasteiger partial charge in [0.1, 0.15) is 5.82 Å². The molecule has 0 amide bonds. The first-order valence-electron chi connectivity index (χ1n) is 7.92. The van der Waals surface area contributed by atoms with E-state index in [0.717, 1.165) is 11.5 Å². The molecule has 0 aliphatic carbocycles. The van der Waals surface area contributed by atoms with E-state index >= 15 is 0 Å². The van der Waals surface area contributed by atoms with Crippen molar-refractivity contribution in [1.82, 2.24) is 9.97 Å². The van der Waals surface area contributed by atoms with Crippen LogP contribution < -0.4 is 15.5 Å². The number of nitrogens with zero attached hydrogens (tertiary/aromatic N) is 3. The zero-order chi connectivity index (χ0) is 15.4. The van der Waals surface area contributed by atoms with Crippen LogP contribution in [0.1, 0.15) is 26.7 Å². The molecular formula is C17H23N5. The Balaban J connectivity index is 1.67. The highest BCUT2D eigenvalue weighted by Gasteiger charge is 2.11. The third kappa shape index (κ3) is 3.67. The zero-order valence-corrected chi connectivity index (χ0v) is 13.2. The minimum absolute atomic E-state index is 0.315. The number of anilines is 4. The molecule has 5 heteroatoms. The first kappa shape index (κ1) is 14.6. The summed E-state index contributed by atoms with van der Waals surface area (Å²) in [6.45, 7) is 6.48. The summed E-state index contributed by atoms with van der Waals surface area (Å²) in [6.07, 6.45) is 4.36. The number of nitrogens with one attached hydrogen (secondary N) is 2. The van der Waals surface area contributed by atoms with Gasteiger partial charge < -0.3 is 15.5 Å². The van der Waals surface area contributed by atoms with Crippen molar-refractivity contribution in [3.63, 3.8) is 0 Å². The van der Waals surface area contributed by atoms with E-state index in [1.807, 2.05) is 6.07 Å². The van der Waals surface area contributed by atoms with Crippen LogP contribution in [-0.4, -0.2) is 29.1 Å². The van der Waals surface area contributed by atoms with Gasteiger partial charge in [-0.2, -0.15) is 4.98 Å². The molecule has 3 rings (SSSR count). The van der Waals surface area contributed by atoms with Crippen molar-refractivity contribution in [2.24, 2.45) is 0 Å². The van der Waals surface area contributed by atoms with Crippen LogP contribution in [0.4, 0.5) is 23.1 Å². The number of benzene rings is 1. The lowest BCUT2D eigenvalue weighted by atomic mass is 10.2. The van der Waals surface area contributed by atoms with Gasteiger partial charge in [0.2, 0.25) is 5.95 Å². The standard InChI is InChI=1S/C17H23N5/c1-13(2)19-17-18-10-9-16(21-17)20-14-5-7-15(8-6-14)22-11-3-4-12-22/h5-10,13H,3-4,11-12H2,1-2H3,(H2,18,19,20,21). The van der Waals surface area contributed by atoms with Crippen molar-refractivity contribution in [2.45, 2.75) is 32.7 Å². The molecule has 22 heavy (non-hydrogen) atoms. The van der Waals surface area contributed by atoms with Crippen LogP contribution >= 0.6 is 0 Å². The minimum atomic E-state index is 0.315. The second kappa shape index (κ2) is 6.64. The third-order valence-corrected chi connectivity index (χ3v) is 3.68. The highest BCUT2D eigenvalue weighted by atomic mass is 15.2. The molecule has 1 aromatic heterocycles. The molecular weight excluding hydrogens is 274 g/mol. The molecule has 1 aliphatic rings. The number of rotatable bonds is 5. The molecule has 0 radical (unpaired) electrons. The van der Waals surface area contributed by atoms with E-state index in [9.17, 15) is 0 Å². The summed E-state index contributed by atoms with van der Waals surface area (Å²) in [6, 6.07) is 10.7. The van der Waals surface area contributed by atoms with E-state index in [0.29, 0.717) is 12.0 Å². The van der Waals surface area contributed by atoms with E-state index < -0.39 is 0 Å². The average molecular weight is 297 g/mol. The summed E-state index contributed by atoms with van der Waals surface area (Å²) in [5.41, 5.74) is 2.34. The first-order valence-corrected chi connectivity index (χ1v) is 7.92. The maximum Gasteiger partial charge on any atom is 0.224 e. The number of hydrogen-bond acceptors (Lipinski definition) is 5. The highest BCUT2D eigenvalue weighted by Crippen LogP contribution is 2.23. The van der Waals surface area contributed by atoms with Gasteiger partial charge in [0.05, 0.1) is 0 Å². The van der Waals surface area contributed by atoms with Gasteiger partial charge in [0, 0.05) is 36.7 Å². The predicted molar refractivity (Wildman–Crippen MR) is 92.0 cm³/mol. The van der Waals surface area contributed by atoms with Gasteiger partial charge in [-0.1, -0.05) is 0 Å². The Morgan fingerprint density at radius 1 is 1.05 bits per heavy atom. The second-order valence-electron chi connectivity index (χ2n) is 5.93. The molecule has 5 nitrogen and oxygen atoms in total. The Hall–Kier alpha value is -2.30. The lowest BCUT2D eigenvalue weighted by Gasteiger charge is -2.18. The van der Waals surface area contributed by atoms with E-state index in [4.69, 9.17) is 0 Å². The van der Waals surface area contributed by atoms with Crippen molar-refractivity contribution in [1.29, 1.82) is 0 Å². The van der Waals surface area contributed by atoms with Gasteiger partial charge in [0.15, 0.2) is 0 Å². The number of aromatic nitrogens is 2. The predicted octanol–water partition coefficient (Wildman–Crippen LogP) is 3.64. The lowest BCUT2D eigenvalue weighted by Crippen LogP contribution is -2.17. The zero-order valence-electron chi connectivity index (χ0n) is 13.2. The fourth-order valence-corrected chi connectivity index (χ4v) is 2.63. The van der Waals surface area contributed by atoms with Gasteiger partial charge in [-0.3, -0.25) is 0 Å². The molecule has 1 saturated heterocycles. The average Bonchev–Trinajstić information content (AvgIpc) is 3.02. The Morgan fingerprint density at radius 2 is 1.77 bits per heavy atom. The SMILES string of the molecule is CC(C)Nc1nccc(Nc2ccc(N3CCCC3)cc2)n1. The van der Waals surface area contributed by atoms with Crippen LogP contribution in [0.2, 0.25) is 0 Å². The topological polar surface area (TPSA) is 53.1 Å². The molecule has 116 valence electrons. The molecule has 0 spiro atoms. The molecule has 1 aliphatic heterocycles. The normalized spacial score (nSPS) is 14.4. The molecule has 1 fully saturated rings. The van der Waals surface area contributed by atoms with Crippen molar-refractivity contribution >= 4 is 23.1 Å². The maximum absolute atomic E-state index is 4.46. The maximum atomic E-state index is 4.46. The highest BCUT2D eigenvalue weighted by molar-refractivity contribution is 5.61. The summed E-state index contributed by atoms with van der Waals surface area (Å²) < 4.78 is 0. The summed E-state index contributed by atoms with van der Waals surface area (Å²) in [4.78, 5) is 11.1. The van der Waals surface area contributed by atoms with E-state index in [1.54, 1.807) is 6.20 Å². The third-order valence-electron chi connectivity index (χ3n) is 3.68. The van der Waals surface area contributed by atoms with Crippen molar-refractivity contribution in [3.8, 4) is 0 Å². The van der Waals surface area contributed by atoms with Crippen LogP contribution in [0.3, 0.4) is 0 Å². The van der Waals surface area contributed by atoms with Crippen LogP contribution in [0.15, 0.2) is 36.5 Å². The minimum Gasteiger partial charge on any atom is -0.372 e. The van der Waals surface area contributed by atoms with Crippen LogP contribution in [-0.2, 0) is 0 Å². The van der Waals surface area contributed by atoms with E-state index in [2.05, 4.69) is 63.6 Å². The molecule has 2 aromatic rings. The lowest BCUT2D eigenvalue weighted by molar-refractivity contribution is 0.875. The summed E-state index contributed by atoms with van der Waals surface area (Å²) >= 11 is 0. The van der Waals surface area contributed by atoms with Gasteiger partial charge in [-0.05, 0) is 57.0 Å². The smallest absolute Gasteiger partial charge is 0.224 e. The molecule has 0 unspecified atom stereocenters. The van der Waals surface area contributed by atoms with Gasteiger partial charge in [0.25, 0.3) is 0 Å². The van der Waals surface area contributed by atoms with Crippen LogP contribution in [0.5, 0.6) is 0 Å². The Kier molecular flexibility index (Phi) is 4.42. The fraction of sp³-hybridized carbons (Fsp3) is 0.412. The van der Waals surface area contributed by atoms with Crippen LogP contribution in [0, 0.1) is 0 Å². The summed E-state index contributed by atoms with van der Waals surface area (Å²) in [5, 5.41) is 6.53. The largest absolute Gasteiger partial charge is 0.372 e. The molecule has 2 N–H and O–H groups in total. The quantitative estimate of drug-likeness (QED) is 0.882. The molecule has 0 atom stereocenters. The van der Waals surface area contributed by atoms with Crippen molar-refractivity contribution < 1.29 is 0 Å².